The number of piperazine rings is 1. The lowest BCUT2D eigenvalue weighted by atomic mass is 9.80. The molecule has 21 heavy (non-hydrogen) atoms. The second-order valence-electron chi connectivity index (χ2n) is 7.49. The normalized spacial score (nSPS) is 25.1. The van der Waals surface area contributed by atoms with Crippen LogP contribution in [-0.4, -0.2) is 86.3 Å². The molecule has 2 rings (SSSR count). The molecule has 1 aliphatic carbocycles. The molecule has 2 fully saturated rings. The van der Waals surface area contributed by atoms with E-state index >= 15 is 0 Å². The van der Waals surface area contributed by atoms with Crippen molar-refractivity contribution < 1.29 is 5.11 Å². The third-order valence-corrected chi connectivity index (χ3v) is 5.39. The molecule has 1 heterocycles. The quantitative estimate of drug-likeness (QED) is 0.753. The van der Waals surface area contributed by atoms with Crippen LogP contribution in [0.15, 0.2) is 0 Å². The van der Waals surface area contributed by atoms with E-state index in [4.69, 9.17) is 0 Å². The number of rotatable bonds is 6. The zero-order valence-corrected chi connectivity index (χ0v) is 14.2. The lowest BCUT2D eigenvalue weighted by Crippen LogP contribution is -2.51. The standard InChI is InChI=1S/C17H35N3O/c1-18(2)9-10-19-11-13-20(14-12-19)15-17(16-21)7-5-3-4-6-8-17/h21H,3-16H2,1-2H3. The van der Waals surface area contributed by atoms with Crippen LogP contribution in [0.1, 0.15) is 38.5 Å². The van der Waals surface area contributed by atoms with Crippen LogP contribution in [0, 0.1) is 5.41 Å². The molecule has 0 amide bonds. The molecule has 4 heteroatoms. The minimum Gasteiger partial charge on any atom is -0.396 e. The van der Waals surface area contributed by atoms with Gasteiger partial charge in [-0.2, -0.15) is 0 Å². The largest absolute Gasteiger partial charge is 0.396 e. The summed E-state index contributed by atoms with van der Waals surface area (Å²) in [4.78, 5) is 7.45. The van der Waals surface area contributed by atoms with Gasteiger partial charge in [0, 0.05) is 57.8 Å². The van der Waals surface area contributed by atoms with Gasteiger partial charge in [0.05, 0.1) is 0 Å². The molecule has 0 aromatic carbocycles. The SMILES string of the molecule is CN(C)CCN1CCN(CC2(CO)CCCCCC2)CC1. The first-order chi connectivity index (χ1) is 10.1. The highest BCUT2D eigenvalue weighted by Crippen LogP contribution is 2.35. The summed E-state index contributed by atoms with van der Waals surface area (Å²) in [5, 5.41) is 9.95. The molecule has 1 N–H and O–H groups in total. The molecule has 124 valence electrons. The van der Waals surface area contributed by atoms with Gasteiger partial charge in [0.25, 0.3) is 0 Å². The maximum Gasteiger partial charge on any atom is 0.0499 e. The monoisotopic (exact) mass is 297 g/mol. The summed E-state index contributed by atoms with van der Waals surface area (Å²) in [5.41, 5.74) is 0.197. The smallest absolute Gasteiger partial charge is 0.0499 e. The highest BCUT2D eigenvalue weighted by molar-refractivity contribution is 4.86. The van der Waals surface area contributed by atoms with Crippen LogP contribution in [0.3, 0.4) is 0 Å². The van der Waals surface area contributed by atoms with Gasteiger partial charge in [0.15, 0.2) is 0 Å². The second kappa shape index (κ2) is 8.47. The molecular weight excluding hydrogens is 262 g/mol. The Balaban J connectivity index is 1.76. The van der Waals surface area contributed by atoms with Gasteiger partial charge in [0.1, 0.15) is 0 Å². The third-order valence-electron chi connectivity index (χ3n) is 5.39. The molecule has 0 spiro atoms. The van der Waals surface area contributed by atoms with Crippen molar-refractivity contribution in [2.75, 3.05) is 66.5 Å². The van der Waals surface area contributed by atoms with Crippen LogP contribution < -0.4 is 0 Å². The Kier molecular flexibility index (Phi) is 6.93. The lowest BCUT2D eigenvalue weighted by molar-refractivity contribution is 0.0350. The van der Waals surface area contributed by atoms with Crippen LogP contribution in [0.4, 0.5) is 0 Å². The summed E-state index contributed by atoms with van der Waals surface area (Å²) in [7, 11) is 4.29. The first kappa shape index (κ1) is 17.2. The van der Waals surface area contributed by atoms with Crippen LogP contribution in [-0.2, 0) is 0 Å². The average molecular weight is 297 g/mol. The fourth-order valence-electron chi connectivity index (χ4n) is 3.83. The summed E-state index contributed by atoms with van der Waals surface area (Å²) in [6, 6.07) is 0. The van der Waals surface area contributed by atoms with E-state index in [1.807, 2.05) is 0 Å². The Morgan fingerprint density at radius 2 is 1.48 bits per heavy atom. The summed E-state index contributed by atoms with van der Waals surface area (Å²) < 4.78 is 0. The maximum absolute atomic E-state index is 9.95. The van der Waals surface area contributed by atoms with E-state index in [1.54, 1.807) is 0 Å². The molecule has 2 aliphatic rings. The predicted molar refractivity (Wildman–Crippen MR) is 88.7 cm³/mol. The predicted octanol–water partition coefficient (Wildman–Crippen LogP) is 1.50. The van der Waals surface area contributed by atoms with E-state index in [2.05, 4.69) is 28.8 Å². The molecule has 0 bridgehead atoms. The summed E-state index contributed by atoms with van der Waals surface area (Å²) in [6.07, 6.45) is 7.79. The molecule has 0 unspecified atom stereocenters. The van der Waals surface area contributed by atoms with Crippen molar-refractivity contribution in [1.29, 1.82) is 0 Å². The van der Waals surface area contributed by atoms with Crippen molar-refractivity contribution in [3.63, 3.8) is 0 Å². The minimum absolute atomic E-state index is 0.197. The Morgan fingerprint density at radius 1 is 0.905 bits per heavy atom. The molecule has 4 nitrogen and oxygen atoms in total. The minimum atomic E-state index is 0.197. The highest BCUT2D eigenvalue weighted by Gasteiger charge is 2.33. The number of hydrogen-bond donors (Lipinski definition) is 1. The van der Waals surface area contributed by atoms with Gasteiger partial charge in [-0.05, 0) is 26.9 Å². The van der Waals surface area contributed by atoms with Crippen LogP contribution >= 0.6 is 0 Å². The van der Waals surface area contributed by atoms with Crippen molar-refractivity contribution in [2.45, 2.75) is 38.5 Å². The second-order valence-corrected chi connectivity index (χ2v) is 7.49. The molecule has 1 saturated carbocycles. The zero-order valence-electron chi connectivity index (χ0n) is 14.2. The fourth-order valence-corrected chi connectivity index (χ4v) is 3.83. The van der Waals surface area contributed by atoms with E-state index in [-0.39, 0.29) is 5.41 Å². The maximum atomic E-state index is 9.95. The molecule has 0 atom stereocenters. The Hall–Kier alpha value is -0.160. The van der Waals surface area contributed by atoms with E-state index < -0.39 is 0 Å². The van der Waals surface area contributed by atoms with Crippen LogP contribution in [0.5, 0.6) is 0 Å². The average Bonchev–Trinajstić information content (AvgIpc) is 2.73. The first-order valence-corrected chi connectivity index (χ1v) is 8.84. The van der Waals surface area contributed by atoms with Gasteiger partial charge < -0.3 is 14.9 Å². The Bertz CT molecular complexity index is 280. The van der Waals surface area contributed by atoms with Gasteiger partial charge in [-0.1, -0.05) is 25.7 Å². The number of nitrogens with zero attached hydrogens (tertiary/aromatic N) is 3. The first-order valence-electron chi connectivity index (χ1n) is 8.84. The van der Waals surface area contributed by atoms with Crippen LogP contribution in [0.25, 0.3) is 0 Å². The molecule has 1 saturated heterocycles. The van der Waals surface area contributed by atoms with Crippen molar-refractivity contribution >= 4 is 0 Å². The van der Waals surface area contributed by atoms with Crippen molar-refractivity contribution in [1.82, 2.24) is 14.7 Å². The number of likely N-dealkylation sites (N-methyl/N-ethyl adjacent to an activating group) is 1. The Morgan fingerprint density at radius 3 is 2.00 bits per heavy atom. The summed E-state index contributed by atoms with van der Waals surface area (Å²) in [5.74, 6) is 0. The van der Waals surface area contributed by atoms with Gasteiger partial charge in [-0.25, -0.2) is 0 Å². The highest BCUT2D eigenvalue weighted by atomic mass is 16.3. The number of aliphatic hydroxyl groups excluding tert-OH is 1. The molecule has 1 aliphatic heterocycles. The van der Waals surface area contributed by atoms with Crippen molar-refractivity contribution in [2.24, 2.45) is 5.41 Å². The third kappa shape index (κ3) is 5.51. The van der Waals surface area contributed by atoms with Gasteiger partial charge in [-0.3, -0.25) is 4.90 Å². The van der Waals surface area contributed by atoms with E-state index in [9.17, 15) is 5.11 Å². The van der Waals surface area contributed by atoms with E-state index in [0.717, 1.165) is 13.1 Å². The Labute approximate surface area is 131 Å². The fraction of sp³-hybridized carbons (Fsp3) is 1.00. The lowest BCUT2D eigenvalue weighted by Gasteiger charge is -2.41. The van der Waals surface area contributed by atoms with E-state index in [1.165, 1.54) is 71.2 Å². The van der Waals surface area contributed by atoms with Crippen LogP contribution in [0.2, 0.25) is 0 Å². The molecule has 0 aromatic heterocycles. The van der Waals surface area contributed by atoms with Gasteiger partial charge >= 0.3 is 0 Å². The molecule has 0 aromatic rings. The topological polar surface area (TPSA) is 30.0 Å². The zero-order chi connectivity index (χ0) is 15.1. The summed E-state index contributed by atoms with van der Waals surface area (Å²) >= 11 is 0. The van der Waals surface area contributed by atoms with Crippen molar-refractivity contribution in [3.05, 3.63) is 0 Å². The number of hydrogen-bond acceptors (Lipinski definition) is 4. The van der Waals surface area contributed by atoms with Crippen molar-refractivity contribution in [3.8, 4) is 0 Å². The van der Waals surface area contributed by atoms with Gasteiger partial charge in [0.2, 0.25) is 0 Å². The van der Waals surface area contributed by atoms with Gasteiger partial charge in [-0.15, -0.1) is 0 Å². The van der Waals surface area contributed by atoms with E-state index in [0.29, 0.717) is 6.61 Å². The number of aliphatic hydroxyl groups is 1. The summed E-state index contributed by atoms with van der Waals surface area (Å²) in [6.45, 7) is 8.57. The molecule has 0 radical (unpaired) electrons. The molecular formula is C17H35N3O.